The molecule has 0 aliphatic rings. The molecule has 0 aliphatic carbocycles. The molecular formula is C19H28N4O5S. The van der Waals surface area contributed by atoms with Crippen LogP contribution >= 0.6 is 12.6 Å². The molecule has 0 saturated heterocycles. The van der Waals surface area contributed by atoms with Crippen molar-refractivity contribution in [3.8, 4) is 5.75 Å². The van der Waals surface area contributed by atoms with E-state index in [0.29, 0.717) is 12.2 Å². The highest BCUT2D eigenvalue weighted by atomic mass is 32.1. The molecule has 1 rings (SSSR count). The maximum absolute atomic E-state index is 12.0. The van der Waals surface area contributed by atoms with Crippen molar-refractivity contribution >= 4 is 36.2 Å². The number of ether oxygens (including phenoxy) is 1. The molecule has 2 amide bonds. The van der Waals surface area contributed by atoms with Gasteiger partial charge < -0.3 is 27.3 Å². The van der Waals surface area contributed by atoms with Crippen LogP contribution in [0.2, 0.25) is 0 Å². The zero-order valence-corrected chi connectivity index (χ0v) is 17.2. The molecule has 9 nitrogen and oxygen atoms in total. The zero-order chi connectivity index (χ0) is 22.0. The minimum absolute atomic E-state index is 0.0793. The molecule has 29 heavy (non-hydrogen) atoms. The maximum Gasteiger partial charge on any atom is 0.412 e. The van der Waals surface area contributed by atoms with E-state index >= 15 is 0 Å². The Labute approximate surface area is 175 Å². The Balaban J connectivity index is 2.39. The minimum Gasteiger partial charge on any atom is -0.410 e. The van der Waals surface area contributed by atoms with Crippen molar-refractivity contribution < 1.29 is 23.9 Å². The lowest BCUT2D eigenvalue weighted by Gasteiger charge is -2.14. The van der Waals surface area contributed by atoms with Crippen molar-refractivity contribution in [2.75, 3.05) is 12.3 Å². The monoisotopic (exact) mass is 424 g/mol. The number of carbonyl (C=O) groups excluding carboxylic acids is 4. The molecule has 1 aromatic carbocycles. The summed E-state index contributed by atoms with van der Waals surface area (Å²) < 4.78 is 5.13. The maximum atomic E-state index is 12.0. The number of benzene rings is 1. The number of nitrogens with one attached hydrogen (secondary N) is 1. The molecule has 0 fully saturated rings. The third kappa shape index (κ3) is 9.07. The molecular weight excluding hydrogens is 396 g/mol. The van der Waals surface area contributed by atoms with E-state index in [1.54, 1.807) is 24.3 Å². The molecule has 7 N–H and O–H groups in total. The summed E-state index contributed by atoms with van der Waals surface area (Å²) in [6, 6.07) is 5.23. The molecule has 0 aliphatic heterocycles. The van der Waals surface area contributed by atoms with Crippen LogP contribution in [0.25, 0.3) is 0 Å². The fourth-order valence-electron chi connectivity index (χ4n) is 2.37. The van der Waals surface area contributed by atoms with Crippen molar-refractivity contribution in [3.63, 3.8) is 0 Å². The summed E-state index contributed by atoms with van der Waals surface area (Å²) in [7, 11) is 0. The summed E-state index contributed by atoms with van der Waals surface area (Å²) in [4.78, 5) is 46.2. The largest absolute Gasteiger partial charge is 0.412 e. The normalized spacial score (nSPS) is 13.8. The molecule has 0 spiro atoms. The number of amides is 2. The van der Waals surface area contributed by atoms with Crippen LogP contribution in [0.15, 0.2) is 24.3 Å². The van der Waals surface area contributed by atoms with Crippen LogP contribution in [0, 0.1) is 5.92 Å². The van der Waals surface area contributed by atoms with Crippen molar-refractivity contribution in [1.82, 2.24) is 5.32 Å². The molecule has 0 aromatic heterocycles. The first-order valence-electron chi connectivity index (χ1n) is 9.13. The highest BCUT2D eigenvalue weighted by Crippen LogP contribution is 2.14. The van der Waals surface area contributed by atoms with Gasteiger partial charge in [0.25, 0.3) is 0 Å². The number of hydrogen-bond acceptors (Lipinski definition) is 8. The summed E-state index contributed by atoms with van der Waals surface area (Å²) in [6.07, 6.45) is -0.182. The number of rotatable bonds is 12. The Hall–Kier alpha value is -2.43. The summed E-state index contributed by atoms with van der Waals surface area (Å²) in [5.74, 6) is -1.20. The van der Waals surface area contributed by atoms with E-state index in [1.165, 1.54) is 6.92 Å². The first-order chi connectivity index (χ1) is 13.6. The van der Waals surface area contributed by atoms with Gasteiger partial charge in [0, 0.05) is 18.7 Å². The van der Waals surface area contributed by atoms with Crippen LogP contribution < -0.4 is 27.3 Å². The summed E-state index contributed by atoms with van der Waals surface area (Å²) in [5, 5.41) is 2.50. The van der Waals surface area contributed by atoms with Crippen molar-refractivity contribution in [3.05, 3.63) is 29.8 Å². The molecule has 0 unspecified atom stereocenters. The Bertz CT molecular complexity index is 726. The number of Topliss-reactive ketones (excluding diaryl/α,β-unsaturated/α-hetero) is 2. The van der Waals surface area contributed by atoms with Gasteiger partial charge in [0.15, 0.2) is 0 Å². The van der Waals surface area contributed by atoms with Crippen LogP contribution in [0.1, 0.15) is 25.3 Å². The van der Waals surface area contributed by atoms with Gasteiger partial charge in [0.05, 0.1) is 18.0 Å². The SMILES string of the molecule is CC(=O)[C@@H](N)Cc1ccc(OC(=O)NCC[C@H](N)C(=O)C[C@@H](CS)C(N)=O)cc1. The van der Waals surface area contributed by atoms with Gasteiger partial charge in [0.1, 0.15) is 17.3 Å². The van der Waals surface area contributed by atoms with E-state index in [-0.39, 0.29) is 36.7 Å². The van der Waals surface area contributed by atoms with E-state index in [1.807, 2.05) is 0 Å². The Morgan fingerprint density at radius 2 is 1.72 bits per heavy atom. The van der Waals surface area contributed by atoms with Crippen molar-refractivity contribution in [2.24, 2.45) is 23.1 Å². The number of carbonyl (C=O) groups is 4. The number of ketones is 2. The van der Waals surface area contributed by atoms with Crippen molar-refractivity contribution in [1.29, 1.82) is 0 Å². The third-order valence-corrected chi connectivity index (χ3v) is 4.76. The molecule has 0 heterocycles. The summed E-state index contributed by atoms with van der Waals surface area (Å²) in [5.41, 5.74) is 17.5. The van der Waals surface area contributed by atoms with Crippen molar-refractivity contribution in [2.45, 2.75) is 38.3 Å². The van der Waals surface area contributed by atoms with E-state index in [0.717, 1.165) is 5.56 Å². The second kappa shape index (κ2) is 12.2. The third-order valence-electron chi connectivity index (χ3n) is 4.32. The van der Waals surface area contributed by atoms with Crippen LogP contribution in [0.3, 0.4) is 0 Å². The number of hydrogen-bond donors (Lipinski definition) is 5. The van der Waals surface area contributed by atoms with Crippen LogP contribution in [0.5, 0.6) is 5.75 Å². The van der Waals surface area contributed by atoms with Gasteiger partial charge in [-0.1, -0.05) is 12.1 Å². The second-order valence-electron chi connectivity index (χ2n) is 6.73. The summed E-state index contributed by atoms with van der Waals surface area (Å²) in [6.45, 7) is 1.56. The van der Waals surface area contributed by atoms with Crippen LogP contribution in [-0.2, 0) is 20.8 Å². The Morgan fingerprint density at radius 3 is 2.24 bits per heavy atom. The molecule has 3 atom stereocenters. The number of nitrogens with two attached hydrogens (primary N) is 3. The predicted molar refractivity (Wildman–Crippen MR) is 112 cm³/mol. The average Bonchev–Trinajstić information content (AvgIpc) is 2.66. The smallest absolute Gasteiger partial charge is 0.410 e. The summed E-state index contributed by atoms with van der Waals surface area (Å²) >= 11 is 3.99. The topological polar surface area (TPSA) is 168 Å². The van der Waals surface area contributed by atoms with Crippen LogP contribution in [0.4, 0.5) is 4.79 Å². The Kier molecular flexibility index (Phi) is 10.4. The average molecular weight is 425 g/mol. The zero-order valence-electron chi connectivity index (χ0n) is 16.3. The van der Waals surface area contributed by atoms with Gasteiger partial charge in [-0.2, -0.15) is 12.6 Å². The quantitative estimate of drug-likeness (QED) is 0.293. The minimum atomic E-state index is -0.832. The lowest BCUT2D eigenvalue weighted by Crippen LogP contribution is -2.38. The van der Waals surface area contributed by atoms with Gasteiger partial charge in [0.2, 0.25) is 5.91 Å². The molecule has 0 saturated carbocycles. The predicted octanol–water partition coefficient (Wildman–Crippen LogP) is -0.0583. The highest BCUT2D eigenvalue weighted by molar-refractivity contribution is 7.80. The first-order valence-corrected chi connectivity index (χ1v) is 9.76. The number of primary amides is 1. The van der Waals surface area contributed by atoms with Crippen LogP contribution in [-0.4, -0.2) is 47.9 Å². The van der Waals surface area contributed by atoms with Gasteiger partial charge in [-0.05, 0) is 37.5 Å². The Morgan fingerprint density at radius 1 is 1.10 bits per heavy atom. The number of thiol groups is 1. The lowest BCUT2D eigenvalue weighted by atomic mass is 9.98. The molecule has 160 valence electrons. The second-order valence-corrected chi connectivity index (χ2v) is 7.09. The fraction of sp³-hybridized carbons (Fsp3) is 0.474. The molecule has 0 radical (unpaired) electrons. The molecule has 10 heteroatoms. The lowest BCUT2D eigenvalue weighted by molar-refractivity contribution is -0.127. The van der Waals surface area contributed by atoms with Gasteiger partial charge in [-0.25, -0.2) is 4.79 Å². The molecule has 1 aromatic rings. The van der Waals surface area contributed by atoms with E-state index in [4.69, 9.17) is 21.9 Å². The molecule has 0 bridgehead atoms. The van der Waals surface area contributed by atoms with E-state index in [2.05, 4.69) is 17.9 Å². The van der Waals surface area contributed by atoms with Gasteiger partial charge >= 0.3 is 6.09 Å². The fourth-order valence-corrected chi connectivity index (χ4v) is 2.68. The van der Waals surface area contributed by atoms with Gasteiger partial charge in [-0.15, -0.1) is 0 Å². The van der Waals surface area contributed by atoms with E-state index in [9.17, 15) is 19.2 Å². The van der Waals surface area contributed by atoms with Gasteiger partial charge in [-0.3, -0.25) is 14.4 Å². The highest BCUT2D eigenvalue weighted by Gasteiger charge is 2.22. The standard InChI is InChI=1S/C19H28N4O5S/c1-11(24)16(21)8-12-2-4-14(5-3-12)28-19(27)23-7-6-15(20)17(25)9-13(10-29)18(22)26/h2-5,13,15-16,29H,6-10,20-21H2,1H3,(H2,22,26)(H,23,27)/t13-,15-,16-/m0/s1. The van der Waals surface area contributed by atoms with E-state index < -0.39 is 30.0 Å². The first kappa shape index (κ1) is 24.6.